The van der Waals surface area contributed by atoms with Crippen LogP contribution in [-0.2, 0) is 4.74 Å². The number of rotatable bonds is 4. The number of hydrogen-bond acceptors (Lipinski definition) is 5. The Morgan fingerprint density at radius 2 is 1.79 bits per heavy atom. The van der Waals surface area contributed by atoms with Crippen molar-refractivity contribution in [3.63, 3.8) is 0 Å². The van der Waals surface area contributed by atoms with E-state index in [0.717, 1.165) is 25.9 Å². The van der Waals surface area contributed by atoms with Gasteiger partial charge in [0, 0.05) is 5.69 Å². The van der Waals surface area contributed by atoms with Crippen LogP contribution in [0.15, 0.2) is 47.3 Å². The van der Waals surface area contributed by atoms with Crippen molar-refractivity contribution < 1.29 is 18.7 Å². The molecule has 1 fully saturated rings. The topological polar surface area (TPSA) is 80.6 Å². The lowest BCUT2D eigenvalue weighted by atomic mass is 10.1. The highest BCUT2D eigenvalue weighted by Gasteiger charge is 2.18. The van der Waals surface area contributed by atoms with E-state index in [0.29, 0.717) is 16.8 Å². The fraction of sp³-hybridized carbons (Fsp3) is 0.294. The average Bonchev–Trinajstić information content (AvgIpc) is 3.11. The van der Waals surface area contributed by atoms with Gasteiger partial charge in [0.05, 0.1) is 17.4 Å². The summed E-state index contributed by atoms with van der Waals surface area (Å²) < 4.78 is 10.3. The summed E-state index contributed by atoms with van der Waals surface area (Å²) in [4.78, 5) is 24.0. The van der Waals surface area contributed by atoms with Crippen LogP contribution in [0.3, 0.4) is 0 Å². The lowest BCUT2D eigenvalue weighted by Crippen LogP contribution is -2.33. The minimum absolute atomic E-state index is 0. The number of halogens is 1. The molecule has 0 bridgehead atoms. The van der Waals surface area contributed by atoms with Crippen LogP contribution in [0.5, 0.6) is 0 Å². The van der Waals surface area contributed by atoms with Crippen molar-refractivity contribution in [3.8, 4) is 0 Å². The number of anilines is 1. The summed E-state index contributed by atoms with van der Waals surface area (Å²) in [5.74, 6) is -0.589. The van der Waals surface area contributed by atoms with Crippen molar-refractivity contribution in [2.75, 3.05) is 18.4 Å². The molecule has 1 aromatic heterocycles. The molecule has 0 aliphatic carbocycles. The smallest absolute Gasteiger partial charge is 0.338 e. The van der Waals surface area contributed by atoms with Gasteiger partial charge in [-0.2, -0.15) is 0 Å². The van der Waals surface area contributed by atoms with Crippen molar-refractivity contribution >= 4 is 30.0 Å². The van der Waals surface area contributed by atoms with Crippen molar-refractivity contribution in [3.05, 3.63) is 54.0 Å². The molecule has 24 heavy (non-hydrogen) atoms. The van der Waals surface area contributed by atoms with Crippen molar-refractivity contribution in [2.24, 2.45) is 0 Å². The number of piperidine rings is 1. The van der Waals surface area contributed by atoms with Gasteiger partial charge < -0.3 is 19.8 Å². The third kappa shape index (κ3) is 4.59. The third-order valence-electron chi connectivity index (χ3n) is 3.72. The van der Waals surface area contributed by atoms with Gasteiger partial charge in [0.1, 0.15) is 12.4 Å². The molecule has 1 amide bonds. The number of ether oxygens (including phenoxy) is 1. The maximum absolute atomic E-state index is 12.1. The zero-order valence-electron chi connectivity index (χ0n) is 13.0. The van der Waals surface area contributed by atoms with Crippen LogP contribution < -0.4 is 10.6 Å². The molecule has 1 aliphatic rings. The average molecular weight is 351 g/mol. The monoisotopic (exact) mass is 350 g/mol. The second-order valence-corrected chi connectivity index (χ2v) is 5.40. The minimum atomic E-state index is -0.329. The summed E-state index contributed by atoms with van der Waals surface area (Å²) in [5, 5.41) is 5.96. The lowest BCUT2D eigenvalue weighted by Gasteiger charge is -2.22. The molecule has 3 rings (SSSR count). The minimum Gasteiger partial charge on any atom is -0.472 e. The molecule has 2 N–H and O–H groups in total. The van der Waals surface area contributed by atoms with Crippen LogP contribution in [0, 0.1) is 0 Å². The van der Waals surface area contributed by atoms with E-state index in [1.807, 2.05) is 0 Å². The molecule has 7 heteroatoms. The Bertz CT molecular complexity index is 664. The second-order valence-electron chi connectivity index (χ2n) is 5.40. The number of amides is 1. The molecule has 0 atom stereocenters. The van der Waals surface area contributed by atoms with E-state index >= 15 is 0 Å². The highest BCUT2D eigenvalue weighted by molar-refractivity contribution is 6.04. The number of furan rings is 1. The van der Waals surface area contributed by atoms with Crippen LogP contribution >= 0.6 is 12.4 Å². The third-order valence-corrected chi connectivity index (χ3v) is 3.72. The summed E-state index contributed by atoms with van der Waals surface area (Å²) in [6, 6.07) is 8.23. The largest absolute Gasteiger partial charge is 0.472 e. The SMILES string of the molecule is Cl.O=C(Nc1ccc(C(=O)OC2CCNCC2)cc1)c1ccoc1. The Balaban J connectivity index is 0.00000208. The predicted octanol–water partition coefficient (Wildman–Crippen LogP) is 2.86. The van der Waals surface area contributed by atoms with Gasteiger partial charge in [-0.05, 0) is 56.3 Å². The molecule has 6 nitrogen and oxygen atoms in total. The Morgan fingerprint density at radius 1 is 1.08 bits per heavy atom. The van der Waals surface area contributed by atoms with Gasteiger partial charge in [-0.15, -0.1) is 12.4 Å². The molecule has 1 aromatic carbocycles. The van der Waals surface area contributed by atoms with Crippen LogP contribution in [0.4, 0.5) is 5.69 Å². The quantitative estimate of drug-likeness (QED) is 0.829. The van der Waals surface area contributed by atoms with Gasteiger partial charge in [-0.3, -0.25) is 4.79 Å². The second kappa shape index (κ2) is 8.52. The van der Waals surface area contributed by atoms with Crippen LogP contribution in [0.1, 0.15) is 33.6 Å². The number of nitrogens with one attached hydrogen (secondary N) is 2. The van der Waals surface area contributed by atoms with Crippen LogP contribution in [0.2, 0.25) is 0 Å². The lowest BCUT2D eigenvalue weighted by molar-refractivity contribution is 0.0229. The maximum Gasteiger partial charge on any atom is 0.338 e. The number of carbonyl (C=O) groups is 2. The van der Waals surface area contributed by atoms with Crippen molar-refractivity contribution in [1.29, 1.82) is 0 Å². The molecule has 0 spiro atoms. The zero-order valence-corrected chi connectivity index (χ0v) is 13.8. The number of carbonyl (C=O) groups excluding carboxylic acids is 2. The first-order valence-corrected chi connectivity index (χ1v) is 7.58. The van der Waals surface area contributed by atoms with E-state index in [2.05, 4.69) is 10.6 Å². The molecule has 0 unspecified atom stereocenters. The highest BCUT2D eigenvalue weighted by Crippen LogP contribution is 2.15. The van der Waals surface area contributed by atoms with Gasteiger partial charge >= 0.3 is 5.97 Å². The highest BCUT2D eigenvalue weighted by atomic mass is 35.5. The molecular weight excluding hydrogens is 332 g/mol. The molecule has 2 heterocycles. The Hall–Kier alpha value is -2.31. The molecule has 1 saturated heterocycles. The van der Waals surface area contributed by atoms with E-state index in [1.165, 1.54) is 12.5 Å². The molecule has 1 aliphatic heterocycles. The van der Waals surface area contributed by atoms with Crippen LogP contribution in [0.25, 0.3) is 0 Å². The summed E-state index contributed by atoms with van der Waals surface area (Å²) in [6.45, 7) is 1.74. The van der Waals surface area contributed by atoms with Gasteiger partial charge in [-0.25, -0.2) is 4.79 Å². The van der Waals surface area contributed by atoms with Crippen LogP contribution in [-0.4, -0.2) is 31.1 Å². The summed E-state index contributed by atoms with van der Waals surface area (Å²) in [5.41, 5.74) is 1.53. The van der Waals surface area contributed by atoms with Gasteiger partial charge in [0.15, 0.2) is 0 Å². The van der Waals surface area contributed by atoms with E-state index < -0.39 is 0 Å². The normalized spacial score (nSPS) is 14.5. The molecule has 0 saturated carbocycles. The fourth-order valence-electron chi connectivity index (χ4n) is 2.42. The molecule has 128 valence electrons. The Kier molecular flexibility index (Phi) is 6.40. The van der Waals surface area contributed by atoms with Crippen molar-refractivity contribution in [2.45, 2.75) is 18.9 Å². The summed E-state index contributed by atoms with van der Waals surface area (Å²) in [7, 11) is 0. The van der Waals surface area contributed by atoms with Gasteiger partial charge in [0.2, 0.25) is 0 Å². The van der Waals surface area contributed by atoms with Gasteiger partial charge in [0.25, 0.3) is 5.91 Å². The van der Waals surface area contributed by atoms with Crippen molar-refractivity contribution in [1.82, 2.24) is 5.32 Å². The number of esters is 1. The Labute approximate surface area is 146 Å². The standard InChI is InChI=1S/C17H18N2O4.ClH/c20-16(13-7-10-22-11-13)19-14-3-1-12(2-4-14)17(21)23-15-5-8-18-9-6-15;/h1-4,7,10-11,15,18H,5-6,8-9H2,(H,19,20);1H. The molecular formula is C17H19ClN2O4. The number of benzene rings is 1. The molecule has 0 radical (unpaired) electrons. The van der Waals surface area contributed by atoms with E-state index in [-0.39, 0.29) is 30.4 Å². The van der Waals surface area contributed by atoms with E-state index in [1.54, 1.807) is 30.3 Å². The van der Waals surface area contributed by atoms with E-state index in [9.17, 15) is 9.59 Å². The zero-order chi connectivity index (χ0) is 16.1. The van der Waals surface area contributed by atoms with Gasteiger partial charge in [-0.1, -0.05) is 0 Å². The fourth-order valence-corrected chi connectivity index (χ4v) is 2.42. The maximum atomic E-state index is 12.1. The predicted molar refractivity (Wildman–Crippen MR) is 91.7 cm³/mol. The first-order chi connectivity index (χ1) is 11.2. The first kappa shape index (κ1) is 18.0. The number of hydrogen-bond donors (Lipinski definition) is 2. The summed E-state index contributed by atoms with van der Waals surface area (Å²) >= 11 is 0. The molecule has 2 aromatic rings. The van der Waals surface area contributed by atoms with E-state index in [4.69, 9.17) is 9.15 Å². The first-order valence-electron chi connectivity index (χ1n) is 7.58. The Morgan fingerprint density at radius 3 is 2.42 bits per heavy atom. The summed E-state index contributed by atoms with van der Waals surface area (Å²) in [6.07, 6.45) is 4.47.